The fourth-order valence-electron chi connectivity index (χ4n) is 5.14. The minimum atomic E-state index is -0.422. The molecule has 5 rings (SSSR count). The number of methoxy groups -OCH3 is 1. The second kappa shape index (κ2) is 11.6. The first-order chi connectivity index (χ1) is 18.8. The van der Waals surface area contributed by atoms with Crippen LogP contribution in [0.2, 0.25) is 10.0 Å². The van der Waals surface area contributed by atoms with Gasteiger partial charge in [-0.15, -0.1) is 0 Å². The maximum atomic E-state index is 13.6. The number of anilines is 2. The Labute approximate surface area is 239 Å². The van der Waals surface area contributed by atoms with Crippen LogP contribution in [0.1, 0.15) is 40.8 Å². The number of nitrogens with zero attached hydrogens (tertiary/aromatic N) is 1. The van der Waals surface area contributed by atoms with Crippen molar-refractivity contribution in [2.45, 2.75) is 32.4 Å². The van der Waals surface area contributed by atoms with Gasteiger partial charge in [0.2, 0.25) is 0 Å². The van der Waals surface area contributed by atoms with Crippen molar-refractivity contribution in [3.63, 3.8) is 0 Å². The lowest BCUT2D eigenvalue weighted by Crippen LogP contribution is -2.41. The zero-order chi connectivity index (χ0) is 27.5. The molecule has 0 unspecified atom stereocenters. The smallest absolute Gasteiger partial charge is 0.337 e. The van der Waals surface area contributed by atoms with Gasteiger partial charge in [0.25, 0.3) is 0 Å². The van der Waals surface area contributed by atoms with Gasteiger partial charge in [-0.05, 0) is 73.5 Å². The van der Waals surface area contributed by atoms with Crippen LogP contribution in [-0.2, 0) is 9.53 Å². The molecule has 0 fully saturated rings. The van der Waals surface area contributed by atoms with E-state index in [2.05, 4.69) is 72.6 Å². The van der Waals surface area contributed by atoms with Crippen LogP contribution in [0.15, 0.2) is 108 Å². The first-order valence-corrected chi connectivity index (χ1v) is 13.6. The van der Waals surface area contributed by atoms with E-state index in [1.165, 1.54) is 12.7 Å². The number of nitrogens with one attached hydrogen (secondary N) is 1. The van der Waals surface area contributed by atoms with Gasteiger partial charge in [0.05, 0.1) is 24.8 Å². The molecule has 1 heterocycles. The lowest BCUT2D eigenvalue weighted by Gasteiger charge is -2.46. The molecule has 198 valence electrons. The van der Waals surface area contributed by atoms with Crippen molar-refractivity contribution in [2.24, 2.45) is 0 Å². The monoisotopic (exact) mass is 556 g/mol. The molecule has 0 bridgehead atoms. The van der Waals surface area contributed by atoms with E-state index in [1.54, 1.807) is 0 Å². The second-order valence-corrected chi connectivity index (χ2v) is 10.7. The van der Waals surface area contributed by atoms with E-state index in [1.807, 2.05) is 48.5 Å². The topological polar surface area (TPSA) is 41.6 Å². The number of carbonyl (C=O) groups excluding carboxylic acids is 1. The third-order valence-electron chi connectivity index (χ3n) is 7.13. The SMILES string of the molecule is COC(=O)C1=C(Nc2ccc(Cl)cc2)C[C@@H](c2ccc(C)cc2)N(c2ccc(Cl)cc2)[C@@H]1c1ccc(C)cc1. The summed E-state index contributed by atoms with van der Waals surface area (Å²) in [6.45, 7) is 4.14. The van der Waals surface area contributed by atoms with E-state index in [0.717, 1.165) is 33.8 Å². The molecular formula is C33H30Cl2N2O2. The lowest BCUT2D eigenvalue weighted by molar-refractivity contribution is -0.136. The van der Waals surface area contributed by atoms with Crippen LogP contribution in [-0.4, -0.2) is 13.1 Å². The van der Waals surface area contributed by atoms with Crippen molar-refractivity contribution < 1.29 is 9.53 Å². The van der Waals surface area contributed by atoms with Crippen LogP contribution in [0.4, 0.5) is 11.4 Å². The molecule has 1 N–H and O–H groups in total. The highest BCUT2D eigenvalue weighted by Gasteiger charge is 2.41. The standard InChI is InChI=1S/C33H30Cl2N2O2/c1-21-4-8-23(9-5-21)30-20-29(36-27-16-12-25(34)13-17-27)31(33(38)39-3)32(24-10-6-22(2)7-11-24)37(30)28-18-14-26(35)15-19-28/h4-19,30,32,36H,20H2,1-3H3/t30-,32+/m0/s1. The van der Waals surface area contributed by atoms with Crippen LogP contribution in [0.25, 0.3) is 0 Å². The van der Waals surface area contributed by atoms with Crippen molar-refractivity contribution in [1.29, 1.82) is 0 Å². The predicted molar refractivity (Wildman–Crippen MR) is 161 cm³/mol. The van der Waals surface area contributed by atoms with E-state index < -0.39 is 6.04 Å². The third-order valence-corrected chi connectivity index (χ3v) is 7.64. The fourth-order valence-corrected chi connectivity index (χ4v) is 5.39. The molecule has 2 atom stereocenters. The number of hydrogen-bond donors (Lipinski definition) is 1. The number of benzene rings is 4. The number of rotatable bonds is 6. The highest BCUT2D eigenvalue weighted by molar-refractivity contribution is 6.30. The van der Waals surface area contributed by atoms with Gasteiger partial charge in [-0.25, -0.2) is 4.79 Å². The summed E-state index contributed by atoms with van der Waals surface area (Å²) in [5.41, 5.74) is 7.65. The maximum Gasteiger partial charge on any atom is 0.337 e. The summed E-state index contributed by atoms with van der Waals surface area (Å²) in [5.74, 6) is -0.377. The van der Waals surface area contributed by atoms with Gasteiger partial charge in [-0.3, -0.25) is 0 Å². The maximum absolute atomic E-state index is 13.6. The molecule has 1 aliphatic rings. The molecule has 4 aromatic rings. The summed E-state index contributed by atoms with van der Waals surface area (Å²) in [6, 6.07) is 31.7. The van der Waals surface area contributed by atoms with Gasteiger partial charge in [0.15, 0.2) is 0 Å². The summed E-state index contributed by atoms with van der Waals surface area (Å²) in [4.78, 5) is 15.9. The first kappa shape index (κ1) is 26.9. The molecule has 4 nitrogen and oxygen atoms in total. The van der Waals surface area contributed by atoms with Crippen LogP contribution in [0, 0.1) is 13.8 Å². The quantitative estimate of drug-likeness (QED) is 0.241. The number of aryl methyl sites for hydroxylation is 2. The van der Waals surface area contributed by atoms with E-state index >= 15 is 0 Å². The van der Waals surface area contributed by atoms with Crippen LogP contribution >= 0.6 is 23.2 Å². The Balaban J connectivity index is 1.77. The predicted octanol–water partition coefficient (Wildman–Crippen LogP) is 8.84. The van der Waals surface area contributed by atoms with E-state index in [9.17, 15) is 4.79 Å². The summed E-state index contributed by atoms with van der Waals surface area (Å²) >= 11 is 12.5. The Hall–Kier alpha value is -3.73. The molecule has 0 aliphatic carbocycles. The van der Waals surface area contributed by atoms with Gasteiger partial charge >= 0.3 is 5.97 Å². The Bertz CT molecular complexity index is 1480. The minimum absolute atomic E-state index is 0.0821. The number of ether oxygens (including phenoxy) is 1. The number of carbonyl (C=O) groups is 1. The molecule has 1 aliphatic heterocycles. The molecule has 0 spiro atoms. The number of hydrogen-bond acceptors (Lipinski definition) is 4. The van der Waals surface area contributed by atoms with Crippen molar-refractivity contribution in [3.05, 3.63) is 141 Å². The lowest BCUT2D eigenvalue weighted by atomic mass is 9.83. The largest absolute Gasteiger partial charge is 0.466 e. The van der Waals surface area contributed by atoms with Crippen LogP contribution in [0.5, 0.6) is 0 Å². The molecular weight excluding hydrogens is 527 g/mol. The van der Waals surface area contributed by atoms with Gasteiger partial charge in [-0.2, -0.15) is 0 Å². The van der Waals surface area contributed by atoms with Gasteiger partial charge < -0.3 is 15.0 Å². The highest BCUT2D eigenvalue weighted by atomic mass is 35.5. The van der Waals surface area contributed by atoms with Crippen molar-refractivity contribution in [2.75, 3.05) is 17.3 Å². The van der Waals surface area contributed by atoms with Crippen molar-refractivity contribution in [1.82, 2.24) is 0 Å². The highest BCUT2D eigenvalue weighted by Crippen LogP contribution is 2.48. The minimum Gasteiger partial charge on any atom is -0.466 e. The van der Waals surface area contributed by atoms with E-state index in [4.69, 9.17) is 27.9 Å². The summed E-state index contributed by atoms with van der Waals surface area (Å²) in [7, 11) is 1.43. The summed E-state index contributed by atoms with van der Waals surface area (Å²) < 4.78 is 5.41. The third kappa shape index (κ3) is 5.83. The molecule has 0 saturated heterocycles. The molecule has 4 aromatic carbocycles. The van der Waals surface area contributed by atoms with E-state index in [0.29, 0.717) is 22.0 Å². The zero-order valence-corrected chi connectivity index (χ0v) is 23.6. The first-order valence-electron chi connectivity index (χ1n) is 12.8. The Morgan fingerprint density at radius 2 is 1.28 bits per heavy atom. The number of esters is 1. The fraction of sp³-hybridized carbons (Fsp3) is 0.182. The molecule has 0 amide bonds. The van der Waals surface area contributed by atoms with Crippen molar-refractivity contribution >= 4 is 40.5 Å². The second-order valence-electron chi connectivity index (χ2n) is 9.84. The average molecular weight is 558 g/mol. The Kier molecular flexibility index (Phi) is 7.97. The zero-order valence-electron chi connectivity index (χ0n) is 22.1. The van der Waals surface area contributed by atoms with Gasteiger partial charge in [0.1, 0.15) is 0 Å². The average Bonchev–Trinajstić information content (AvgIpc) is 2.95. The molecule has 0 radical (unpaired) electrons. The van der Waals surface area contributed by atoms with Crippen molar-refractivity contribution in [3.8, 4) is 0 Å². The number of halogens is 2. The molecule has 0 aromatic heterocycles. The van der Waals surface area contributed by atoms with E-state index in [-0.39, 0.29) is 12.0 Å². The van der Waals surface area contributed by atoms with Gasteiger partial charge in [-0.1, -0.05) is 82.9 Å². The summed E-state index contributed by atoms with van der Waals surface area (Å²) in [6.07, 6.45) is 0.557. The molecule has 39 heavy (non-hydrogen) atoms. The van der Waals surface area contributed by atoms with Crippen LogP contribution in [0.3, 0.4) is 0 Å². The summed E-state index contributed by atoms with van der Waals surface area (Å²) in [5, 5.41) is 4.85. The Morgan fingerprint density at radius 1 is 0.769 bits per heavy atom. The van der Waals surface area contributed by atoms with Crippen LogP contribution < -0.4 is 10.2 Å². The Morgan fingerprint density at radius 3 is 1.82 bits per heavy atom. The molecule has 6 heteroatoms. The normalized spacial score (nSPS) is 17.2. The van der Waals surface area contributed by atoms with Gasteiger partial charge in [0, 0.05) is 33.5 Å². The molecule has 0 saturated carbocycles.